The average Bonchev–Trinajstić information content (AvgIpc) is 2.86. The van der Waals surface area contributed by atoms with Crippen LogP contribution >= 0.6 is 23.6 Å². The molecule has 0 bridgehead atoms. The van der Waals surface area contributed by atoms with Gasteiger partial charge in [0.2, 0.25) is 0 Å². The molecule has 3 aromatic rings. The van der Waals surface area contributed by atoms with E-state index in [9.17, 15) is 9.59 Å². The maximum atomic E-state index is 12.4. The first-order valence-electron chi connectivity index (χ1n) is 7.02. The number of rotatable bonds is 3. The Balaban J connectivity index is 1.94. The molecule has 8 heteroatoms. The van der Waals surface area contributed by atoms with Crippen LogP contribution in [0.2, 0.25) is 0 Å². The highest BCUT2D eigenvalue weighted by Crippen LogP contribution is 2.23. The number of benzene rings is 1. The van der Waals surface area contributed by atoms with Gasteiger partial charge in [0.1, 0.15) is 0 Å². The molecule has 1 aromatic carbocycles. The zero-order chi connectivity index (χ0) is 16.6. The van der Waals surface area contributed by atoms with Crippen LogP contribution in [0.25, 0.3) is 10.9 Å². The van der Waals surface area contributed by atoms with Crippen molar-refractivity contribution in [1.82, 2.24) is 15.0 Å². The molecular formula is C15H14N4O2S2. The monoisotopic (exact) mass is 346 g/mol. The Bertz CT molecular complexity index is 1020. The average molecular weight is 346 g/mol. The number of aromatic nitrogens is 3. The van der Waals surface area contributed by atoms with Crippen molar-refractivity contribution in [3.8, 4) is 0 Å². The van der Waals surface area contributed by atoms with E-state index < -0.39 is 0 Å². The second kappa shape index (κ2) is 6.05. The Morgan fingerprint density at radius 2 is 2.17 bits per heavy atom. The predicted molar refractivity (Wildman–Crippen MR) is 93.9 cm³/mol. The van der Waals surface area contributed by atoms with Crippen LogP contribution in [0.5, 0.6) is 0 Å². The molecular weight excluding hydrogens is 332 g/mol. The number of carbonyl (C=O) groups is 1. The number of hydrogen-bond acceptors (Lipinski definition) is 5. The van der Waals surface area contributed by atoms with E-state index in [0.29, 0.717) is 21.6 Å². The highest BCUT2D eigenvalue weighted by atomic mass is 32.1. The fraction of sp³-hybridized carbons (Fsp3) is 0.200. The van der Waals surface area contributed by atoms with Crippen LogP contribution in [0.4, 0.5) is 5.13 Å². The smallest absolute Gasteiger partial charge is 0.259 e. The lowest BCUT2D eigenvalue weighted by molar-refractivity contribution is 0.102. The molecule has 2 heterocycles. The first kappa shape index (κ1) is 15.6. The summed E-state index contributed by atoms with van der Waals surface area (Å²) in [6.07, 6.45) is 0.827. The highest BCUT2D eigenvalue weighted by Gasteiger charge is 2.12. The van der Waals surface area contributed by atoms with E-state index in [-0.39, 0.29) is 16.2 Å². The third-order valence-corrected chi connectivity index (χ3v) is 4.58. The molecule has 2 aromatic heterocycles. The number of nitrogens with zero attached hydrogens (tertiary/aromatic N) is 1. The molecule has 0 aliphatic heterocycles. The van der Waals surface area contributed by atoms with E-state index in [0.717, 1.165) is 17.0 Å². The number of nitrogens with one attached hydrogen (secondary N) is 3. The van der Waals surface area contributed by atoms with Crippen molar-refractivity contribution in [1.29, 1.82) is 0 Å². The van der Waals surface area contributed by atoms with E-state index >= 15 is 0 Å². The number of aryl methyl sites for hydroxylation is 2. The fourth-order valence-corrected chi connectivity index (χ4v) is 3.39. The number of hydrogen-bond donors (Lipinski definition) is 3. The minimum atomic E-state index is -0.279. The summed E-state index contributed by atoms with van der Waals surface area (Å²) in [5, 5.41) is 3.82. The van der Waals surface area contributed by atoms with Gasteiger partial charge in [0.15, 0.2) is 9.90 Å². The number of carbonyl (C=O) groups excluding carboxylic acids is 1. The van der Waals surface area contributed by atoms with Gasteiger partial charge in [0.05, 0.1) is 16.6 Å². The lowest BCUT2D eigenvalue weighted by Gasteiger charge is -2.03. The summed E-state index contributed by atoms with van der Waals surface area (Å²) < 4.78 is 0.225. The van der Waals surface area contributed by atoms with E-state index in [1.807, 2.05) is 13.8 Å². The molecule has 0 unspecified atom stereocenters. The topological polar surface area (TPSA) is 90.6 Å². The second-order valence-electron chi connectivity index (χ2n) is 5.00. The fourth-order valence-electron chi connectivity index (χ4n) is 2.29. The van der Waals surface area contributed by atoms with Crippen LogP contribution in [0, 0.1) is 11.7 Å². The summed E-state index contributed by atoms with van der Waals surface area (Å²) in [7, 11) is 0. The van der Waals surface area contributed by atoms with Gasteiger partial charge >= 0.3 is 0 Å². The van der Waals surface area contributed by atoms with Crippen molar-refractivity contribution in [3.63, 3.8) is 0 Å². The Morgan fingerprint density at radius 3 is 2.87 bits per heavy atom. The van der Waals surface area contributed by atoms with Gasteiger partial charge in [-0.15, -0.1) is 11.3 Å². The van der Waals surface area contributed by atoms with E-state index in [2.05, 4.69) is 20.3 Å². The molecule has 0 saturated carbocycles. The van der Waals surface area contributed by atoms with Crippen molar-refractivity contribution in [3.05, 3.63) is 49.5 Å². The van der Waals surface area contributed by atoms with Crippen molar-refractivity contribution < 1.29 is 4.79 Å². The summed E-state index contributed by atoms with van der Waals surface area (Å²) in [6, 6.07) is 4.81. The quantitative estimate of drug-likeness (QED) is 0.635. The van der Waals surface area contributed by atoms with Gasteiger partial charge in [-0.05, 0) is 43.8 Å². The molecule has 1 amide bonds. The molecule has 3 N–H and O–H groups in total. The molecule has 118 valence electrons. The predicted octanol–water partition coefficient (Wildman–Crippen LogP) is 3.17. The molecule has 0 spiro atoms. The molecule has 23 heavy (non-hydrogen) atoms. The molecule has 3 rings (SSSR count). The summed E-state index contributed by atoms with van der Waals surface area (Å²) in [4.78, 5) is 35.0. The second-order valence-corrected chi connectivity index (χ2v) is 6.61. The summed E-state index contributed by atoms with van der Waals surface area (Å²) in [6.45, 7) is 4.01. The molecule has 0 fully saturated rings. The van der Waals surface area contributed by atoms with Crippen molar-refractivity contribution in [2.75, 3.05) is 5.32 Å². The molecule has 0 saturated heterocycles. The Labute approximate surface area is 140 Å². The zero-order valence-corrected chi connectivity index (χ0v) is 14.2. The van der Waals surface area contributed by atoms with Crippen LogP contribution in [0.15, 0.2) is 23.0 Å². The number of fused-ring (bicyclic) bond motifs is 1. The third-order valence-electron chi connectivity index (χ3n) is 3.45. The zero-order valence-electron chi connectivity index (χ0n) is 12.5. The van der Waals surface area contributed by atoms with Gasteiger partial charge in [0.25, 0.3) is 11.5 Å². The first-order valence-corrected chi connectivity index (χ1v) is 8.24. The van der Waals surface area contributed by atoms with E-state index in [1.54, 1.807) is 18.2 Å². The van der Waals surface area contributed by atoms with Crippen LogP contribution in [0.3, 0.4) is 0 Å². The summed E-state index contributed by atoms with van der Waals surface area (Å²) in [5.41, 5.74) is 1.66. The SMILES string of the molecule is CCc1nc(NC(=O)c2ccc3c(=O)[nH]c(=S)[nH]c3c2)sc1C. The van der Waals surface area contributed by atoms with Gasteiger partial charge in [-0.2, -0.15) is 0 Å². The number of anilines is 1. The Morgan fingerprint density at radius 1 is 1.39 bits per heavy atom. The Kier molecular flexibility index (Phi) is 4.10. The van der Waals surface area contributed by atoms with E-state index in [1.165, 1.54) is 11.3 Å². The van der Waals surface area contributed by atoms with Gasteiger partial charge in [0, 0.05) is 10.4 Å². The van der Waals surface area contributed by atoms with Crippen LogP contribution in [-0.2, 0) is 6.42 Å². The van der Waals surface area contributed by atoms with Gasteiger partial charge in [-0.25, -0.2) is 4.98 Å². The minimum absolute atomic E-state index is 0.225. The largest absolute Gasteiger partial charge is 0.332 e. The molecule has 0 atom stereocenters. The van der Waals surface area contributed by atoms with Gasteiger partial charge in [-0.3, -0.25) is 19.9 Å². The van der Waals surface area contributed by atoms with Crippen LogP contribution < -0.4 is 10.9 Å². The maximum absolute atomic E-state index is 12.4. The van der Waals surface area contributed by atoms with Crippen molar-refractivity contribution in [2.24, 2.45) is 0 Å². The van der Waals surface area contributed by atoms with E-state index in [4.69, 9.17) is 12.2 Å². The number of aromatic amines is 2. The van der Waals surface area contributed by atoms with Gasteiger partial charge < -0.3 is 4.98 Å². The standard InChI is InChI=1S/C15H14N4O2S2/c1-3-10-7(2)23-15(17-10)19-12(20)8-4-5-9-11(6-8)16-14(22)18-13(9)21/h4-6H,3H2,1-2H3,(H,17,19,20)(H2,16,18,21,22). The lowest BCUT2D eigenvalue weighted by atomic mass is 10.1. The Hall–Kier alpha value is -2.32. The molecule has 6 nitrogen and oxygen atoms in total. The molecule has 0 aliphatic rings. The van der Waals surface area contributed by atoms with Crippen molar-refractivity contribution >= 4 is 45.5 Å². The summed E-state index contributed by atoms with van der Waals surface area (Å²) >= 11 is 6.40. The van der Waals surface area contributed by atoms with Crippen LogP contribution in [0.1, 0.15) is 27.9 Å². The number of amides is 1. The summed E-state index contributed by atoms with van der Waals surface area (Å²) in [5.74, 6) is -0.275. The number of H-pyrrole nitrogens is 2. The lowest BCUT2D eigenvalue weighted by Crippen LogP contribution is -2.13. The van der Waals surface area contributed by atoms with Gasteiger partial charge in [-0.1, -0.05) is 6.92 Å². The van der Waals surface area contributed by atoms with Crippen LogP contribution in [-0.4, -0.2) is 20.9 Å². The maximum Gasteiger partial charge on any atom is 0.259 e. The first-order chi connectivity index (χ1) is 11.0. The normalized spacial score (nSPS) is 10.9. The molecule has 0 radical (unpaired) electrons. The molecule has 0 aliphatic carbocycles. The highest BCUT2D eigenvalue weighted by molar-refractivity contribution is 7.71. The number of thiazole rings is 1. The minimum Gasteiger partial charge on any atom is -0.332 e. The third kappa shape index (κ3) is 3.08. The van der Waals surface area contributed by atoms with Crippen molar-refractivity contribution in [2.45, 2.75) is 20.3 Å².